The van der Waals surface area contributed by atoms with Gasteiger partial charge in [0.1, 0.15) is 23.8 Å². The number of hydrogen-bond acceptors (Lipinski definition) is 5. The molecule has 0 spiro atoms. The van der Waals surface area contributed by atoms with Gasteiger partial charge in [0.2, 0.25) is 0 Å². The summed E-state index contributed by atoms with van der Waals surface area (Å²) in [7, 11) is 0. The standard InChI is InChI=1S/C18H21FN4O/c19-13-4-5-15-12(8-13)3-6-16(15)22-17-9-18(21-11-20-17)23-7-1-2-14(23)10-24/h4-5,8-9,11,14,16,24H,1-3,6-7,10H2,(H,20,21,22). The van der Waals surface area contributed by atoms with E-state index in [2.05, 4.69) is 20.2 Å². The van der Waals surface area contributed by atoms with E-state index < -0.39 is 0 Å². The summed E-state index contributed by atoms with van der Waals surface area (Å²) in [5.74, 6) is 1.44. The van der Waals surface area contributed by atoms with E-state index in [0.29, 0.717) is 0 Å². The molecular formula is C18H21FN4O. The van der Waals surface area contributed by atoms with Gasteiger partial charge >= 0.3 is 0 Å². The van der Waals surface area contributed by atoms with Gasteiger partial charge in [0.25, 0.3) is 0 Å². The molecule has 2 aliphatic rings. The van der Waals surface area contributed by atoms with Crippen LogP contribution in [0, 0.1) is 5.82 Å². The molecule has 2 N–H and O–H groups in total. The lowest BCUT2D eigenvalue weighted by Gasteiger charge is -2.24. The number of aromatic nitrogens is 2. The Hall–Kier alpha value is -2.21. The molecule has 2 atom stereocenters. The van der Waals surface area contributed by atoms with Crippen molar-refractivity contribution in [3.8, 4) is 0 Å². The molecule has 1 fully saturated rings. The molecule has 1 saturated heterocycles. The molecule has 0 saturated carbocycles. The van der Waals surface area contributed by atoms with Crippen LogP contribution in [0.5, 0.6) is 0 Å². The number of aliphatic hydroxyl groups is 1. The third kappa shape index (κ3) is 2.82. The molecular weight excluding hydrogens is 307 g/mol. The van der Waals surface area contributed by atoms with E-state index in [9.17, 15) is 9.50 Å². The smallest absolute Gasteiger partial charge is 0.134 e. The Kier molecular flexibility index (Phi) is 4.06. The third-order valence-corrected chi connectivity index (χ3v) is 5.04. The molecule has 0 amide bonds. The van der Waals surface area contributed by atoms with Gasteiger partial charge in [-0.15, -0.1) is 0 Å². The van der Waals surface area contributed by atoms with Crippen LogP contribution in [0.4, 0.5) is 16.0 Å². The summed E-state index contributed by atoms with van der Waals surface area (Å²) in [5, 5.41) is 12.9. The van der Waals surface area contributed by atoms with Gasteiger partial charge in [0.15, 0.2) is 0 Å². The minimum atomic E-state index is -0.178. The number of benzene rings is 1. The zero-order valence-corrected chi connectivity index (χ0v) is 13.5. The number of rotatable bonds is 4. The highest BCUT2D eigenvalue weighted by atomic mass is 19.1. The van der Waals surface area contributed by atoms with Crippen molar-refractivity contribution < 1.29 is 9.50 Å². The number of nitrogens with zero attached hydrogens (tertiary/aromatic N) is 3. The molecule has 1 aromatic carbocycles. The maximum absolute atomic E-state index is 13.3. The second-order valence-corrected chi connectivity index (χ2v) is 6.51. The monoisotopic (exact) mass is 328 g/mol. The molecule has 5 nitrogen and oxygen atoms in total. The molecule has 1 aliphatic heterocycles. The van der Waals surface area contributed by atoms with Gasteiger partial charge in [-0.2, -0.15) is 0 Å². The van der Waals surface area contributed by atoms with Crippen molar-refractivity contribution in [2.45, 2.75) is 37.8 Å². The highest BCUT2D eigenvalue weighted by Gasteiger charge is 2.26. The fourth-order valence-corrected chi connectivity index (χ4v) is 3.82. The molecule has 2 unspecified atom stereocenters. The average molecular weight is 328 g/mol. The first-order valence-corrected chi connectivity index (χ1v) is 8.49. The minimum absolute atomic E-state index is 0.142. The van der Waals surface area contributed by atoms with Crippen LogP contribution in [0.3, 0.4) is 0 Å². The van der Waals surface area contributed by atoms with Crippen LogP contribution in [0.25, 0.3) is 0 Å². The number of anilines is 2. The van der Waals surface area contributed by atoms with Gasteiger partial charge in [0.05, 0.1) is 18.7 Å². The van der Waals surface area contributed by atoms with Gasteiger partial charge in [0, 0.05) is 12.6 Å². The lowest BCUT2D eigenvalue weighted by molar-refractivity contribution is 0.266. The van der Waals surface area contributed by atoms with E-state index in [0.717, 1.165) is 55.0 Å². The van der Waals surface area contributed by atoms with Crippen LogP contribution in [-0.4, -0.2) is 34.3 Å². The summed E-state index contributed by atoms with van der Waals surface area (Å²) in [4.78, 5) is 10.8. The maximum atomic E-state index is 13.3. The molecule has 2 heterocycles. The summed E-state index contributed by atoms with van der Waals surface area (Å²) < 4.78 is 13.3. The fraction of sp³-hybridized carbons (Fsp3) is 0.444. The number of aryl methyl sites for hydroxylation is 1. The maximum Gasteiger partial charge on any atom is 0.134 e. The SMILES string of the molecule is OCC1CCCN1c1cc(NC2CCc3cc(F)ccc32)ncn1. The largest absolute Gasteiger partial charge is 0.394 e. The lowest BCUT2D eigenvalue weighted by Crippen LogP contribution is -2.32. The molecule has 24 heavy (non-hydrogen) atoms. The highest BCUT2D eigenvalue weighted by Crippen LogP contribution is 2.34. The first-order chi connectivity index (χ1) is 11.7. The molecule has 6 heteroatoms. The second-order valence-electron chi connectivity index (χ2n) is 6.51. The Morgan fingerprint density at radius 3 is 3.04 bits per heavy atom. The average Bonchev–Trinajstić information content (AvgIpc) is 3.22. The van der Waals surface area contributed by atoms with Crippen molar-refractivity contribution in [1.82, 2.24) is 9.97 Å². The zero-order chi connectivity index (χ0) is 16.5. The zero-order valence-electron chi connectivity index (χ0n) is 13.5. The van der Waals surface area contributed by atoms with Gasteiger partial charge in [-0.25, -0.2) is 14.4 Å². The van der Waals surface area contributed by atoms with Crippen molar-refractivity contribution in [2.24, 2.45) is 0 Å². The van der Waals surface area contributed by atoms with Crippen molar-refractivity contribution in [2.75, 3.05) is 23.4 Å². The van der Waals surface area contributed by atoms with Crippen LogP contribution >= 0.6 is 0 Å². The van der Waals surface area contributed by atoms with Crippen molar-refractivity contribution in [3.63, 3.8) is 0 Å². The third-order valence-electron chi connectivity index (χ3n) is 5.04. The van der Waals surface area contributed by atoms with Gasteiger partial charge in [-0.05, 0) is 48.9 Å². The molecule has 0 radical (unpaired) electrons. The fourth-order valence-electron chi connectivity index (χ4n) is 3.82. The van der Waals surface area contributed by atoms with Crippen LogP contribution in [0.2, 0.25) is 0 Å². The number of halogens is 1. The summed E-state index contributed by atoms with van der Waals surface area (Å²) in [6, 6.07) is 7.23. The van der Waals surface area contributed by atoms with Crippen LogP contribution in [-0.2, 0) is 6.42 Å². The normalized spacial score (nSPS) is 22.7. The van der Waals surface area contributed by atoms with E-state index in [1.54, 1.807) is 12.4 Å². The molecule has 1 aromatic heterocycles. The summed E-state index contributed by atoms with van der Waals surface area (Å²) in [6.07, 6.45) is 5.43. The summed E-state index contributed by atoms with van der Waals surface area (Å²) in [6.45, 7) is 1.06. The Balaban J connectivity index is 1.53. The minimum Gasteiger partial charge on any atom is -0.394 e. The summed E-state index contributed by atoms with van der Waals surface area (Å²) in [5.41, 5.74) is 2.22. The first kappa shape index (κ1) is 15.3. The highest BCUT2D eigenvalue weighted by molar-refractivity contribution is 5.52. The van der Waals surface area contributed by atoms with E-state index in [4.69, 9.17) is 0 Å². The Morgan fingerprint density at radius 2 is 2.17 bits per heavy atom. The second kappa shape index (κ2) is 6.36. The Labute approximate surface area is 140 Å². The van der Waals surface area contributed by atoms with Gasteiger partial charge < -0.3 is 15.3 Å². The van der Waals surface area contributed by atoms with Gasteiger partial charge in [-0.3, -0.25) is 0 Å². The molecule has 4 rings (SSSR count). The predicted octanol–water partition coefficient (Wildman–Crippen LogP) is 2.68. The van der Waals surface area contributed by atoms with Crippen molar-refractivity contribution in [1.29, 1.82) is 0 Å². The number of nitrogens with one attached hydrogen (secondary N) is 1. The van der Waals surface area contributed by atoms with Crippen molar-refractivity contribution >= 4 is 11.6 Å². The predicted molar refractivity (Wildman–Crippen MR) is 90.6 cm³/mol. The van der Waals surface area contributed by atoms with E-state index in [1.807, 2.05) is 12.1 Å². The van der Waals surface area contributed by atoms with E-state index in [-0.39, 0.29) is 24.5 Å². The first-order valence-electron chi connectivity index (χ1n) is 8.49. The quantitative estimate of drug-likeness (QED) is 0.903. The lowest BCUT2D eigenvalue weighted by atomic mass is 10.1. The number of hydrogen-bond donors (Lipinski definition) is 2. The Bertz CT molecular complexity index is 739. The molecule has 126 valence electrons. The van der Waals surface area contributed by atoms with E-state index in [1.165, 1.54) is 6.07 Å². The summed E-state index contributed by atoms with van der Waals surface area (Å²) >= 11 is 0. The van der Waals surface area contributed by atoms with Gasteiger partial charge in [-0.1, -0.05) is 6.07 Å². The number of aliphatic hydroxyl groups excluding tert-OH is 1. The molecule has 1 aliphatic carbocycles. The topological polar surface area (TPSA) is 61.3 Å². The number of fused-ring (bicyclic) bond motifs is 1. The van der Waals surface area contributed by atoms with Crippen LogP contribution in [0.15, 0.2) is 30.6 Å². The Morgan fingerprint density at radius 1 is 1.25 bits per heavy atom. The van der Waals surface area contributed by atoms with Crippen LogP contribution < -0.4 is 10.2 Å². The van der Waals surface area contributed by atoms with Crippen molar-refractivity contribution in [3.05, 3.63) is 47.5 Å². The molecule has 2 aromatic rings. The molecule has 0 bridgehead atoms. The van der Waals surface area contributed by atoms with E-state index >= 15 is 0 Å². The van der Waals surface area contributed by atoms with Crippen LogP contribution in [0.1, 0.15) is 36.4 Å².